The Hall–Kier alpha value is -1.79. The van der Waals surface area contributed by atoms with E-state index in [0.29, 0.717) is 12.2 Å². The molecule has 0 radical (unpaired) electrons. The lowest BCUT2D eigenvalue weighted by Gasteiger charge is -2.28. The van der Waals surface area contributed by atoms with Gasteiger partial charge in [0.15, 0.2) is 0 Å². The molecule has 0 aromatic heterocycles. The monoisotopic (exact) mass is 279 g/mol. The number of ether oxygens (including phenoxy) is 1. The first-order valence-electron chi connectivity index (χ1n) is 6.61. The van der Waals surface area contributed by atoms with Gasteiger partial charge in [-0.05, 0) is 18.6 Å². The number of fused-ring (bicyclic) bond motifs is 1. The third-order valence-corrected chi connectivity index (χ3v) is 4.27. The van der Waals surface area contributed by atoms with E-state index in [9.17, 15) is 15.0 Å². The summed E-state index contributed by atoms with van der Waals surface area (Å²) in [6.07, 6.45) is -2.22. The maximum atomic E-state index is 11.0. The van der Waals surface area contributed by atoms with Gasteiger partial charge in [-0.1, -0.05) is 18.2 Å². The van der Waals surface area contributed by atoms with Gasteiger partial charge < -0.3 is 25.0 Å². The summed E-state index contributed by atoms with van der Waals surface area (Å²) in [5.74, 6) is 0.345. The summed E-state index contributed by atoms with van der Waals surface area (Å²) in [5.41, 5.74) is -1.40. The van der Waals surface area contributed by atoms with Crippen molar-refractivity contribution in [1.29, 1.82) is 0 Å². The smallest absolute Gasteiger partial charge is 0.407 e. The van der Waals surface area contributed by atoms with Crippen LogP contribution in [0.5, 0.6) is 5.75 Å². The van der Waals surface area contributed by atoms with Crippen LogP contribution in [-0.2, 0) is 0 Å². The molecule has 1 amide bonds. The zero-order chi connectivity index (χ0) is 14.3. The van der Waals surface area contributed by atoms with Crippen molar-refractivity contribution in [3.05, 3.63) is 30.3 Å². The highest BCUT2D eigenvalue weighted by Gasteiger charge is 2.60. The van der Waals surface area contributed by atoms with Crippen molar-refractivity contribution < 1.29 is 24.9 Å². The molecule has 1 saturated carbocycles. The van der Waals surface area contributed by atoms with E-state index in [1.807, 2.05) is 18.2 Å². The van der Waals surface area contributed by atoms with Gasteiger partial charge in [0.2, 0.25) is 0 Å². The van der Waals surface area contributed by atoms with Gasteiger partial charge in [-0.25, -0.2) is 4.79 Å². The minimum Gasteiger partial charge on any atom is -0.488 e. The van der Waals surface area contributed by atoms with Gasteiger partial charge in [0, 0.05) is 12.5 Å². The fraction of sp³-hybridized carbons (Fsp3) is 0.500. The minimum atomic E-state index is -1.40. The Morgan fingerprint density at radius 3 is 2.65 bits per heavy atom. The first kappa shape index (κ1) is 13.2. The fourth-order valence-electron chi connectivity index (χ4n) is 3.20. The molecule has 3 rings (SSSR count). The molecule has 4 atom stereocenters. The molecular weight excluding hydrogens is 262 g/mol. The van der Waals surface area contributed by atoms with Crippen LogP contribution in [0.15, 0.2) is 30.3 Å². The number of aliphatic hydroxyl groups excluding tert-OH is 1. The predicted molar refractivity (Wildman–Crippen MR) is 69.5 cm³/mol. The number of amides is 1. The second kappa shape index (κ2) is 4.64. The lowest BCUT2D eigenvalue weighted by atomic mass is 9.93. The number of nitrogens with zero attached hydrogens (tertiary/aromatic N) is 1. The number of carbonyl (C=O) groups is 1. The van der Waals surface area contributed by atoms with E-state index in [1.165, 1.54) is 0 Å². The average molecular weight is 279 g/mol. The van der Waals surface area contributed by atoms with Crippen LogP contribution in [0.25, 0.3) is 0 Å². The van der Waals surface area contributed by atoms with Crippen molar-refractivity contribution in [2.45, 2.75) is 24.2 Å². The Bertz CT molecular complexity index is 508. The number of carboxylic acid groups (broad SMARTS) is 1. The lowest BCUT2D eigenvalue weighted by molar-refractivity contribution is -0.0855. The van der Waals surface area contributed by atoms with Crippen molar-refractivity contribution in [1.82, 2.24) is 4.90 Å². The van der Waals surface area contributed by atoms with E-state index >= 15 is 0 Å². The Morgan fingerprint density at radius 2 is 2.05 bits per heavy atom. The summed E-state index contributed by atoms with van der Waals surface area (Å²) in [7, 11) is 0. The molecule has 0 spiro atoms. The Labute approximate surface area is 116 Å². The molecule has 1 heterocycles. The molecule has 20 heavy (non-hydrogen) atoms. The first-order valence-corrected chi connectivity index (χ1v) is 6.61. The molecule has 2 aliphatic rings. The molecule has 1 saturated heterocycles. The number of β-amino-alcohol motifs (C(OH)–C–C–N with tert-alkyl or cyclic N) is 1. The molecule has 1 aromatic rings. The summed E-state index contributed by atoms with van der Waals surface area (Å²) in [5, 5.41) is 29.8. The largest absolute Gasteiger partial charge is 0.488 e. The Morgan fingerprint density at radius 1 is 1.35 bits per heavy atom. The standard InChI is InChI=1S/C14H17NO5/c16-12-11(20-10-4-2-1-3-5-10)6-9-7-15(13(17)18)8-14(9,12)19/h1-5,9,11-12,16,19H,6-8H2,(H,17,18)/t9-,11+,12+,14-/m0/s1. The molecule has 0 bridgehead atoms. The second-order valence-corrected chi connectivity index (χ2v) is 5.50. The number of para-hydroxylation sites is 1. The van der Waals surface area contributed by atoms with Crippen molar-refractivity contribution in [2.24, 2.45) is 5.92 Å². The molecule has 1 aliphatic heterocycles. The third kappa shape index (κ3) is 2.01. The number of hydrogen-bond acceptors (Lipinski definition) is 4. The Balaban J connectivity index is 1.73. The van der Waals surface area contributed by atoms with E-state index in [4.69, 9.17) is 9.84 Å². The summed E-state index contributed by atoms with van der Waals surface area (Å²) in [6, 6.07) is 9.10. The van der Waals surface area contributed by atoms with E-state index in [1.54, 1.807) is 12.1 Å². The molecule has 2 fully saturated rings. The molecule has 0 unspecified atom stereocenters. The molecule has 6 nitrogen and oxygen atoms in total. The van der Waals surface area contributed by atoms with Crippen LogP contribution in [0, 0.1) is 5.92 Å². The number of hydrogen-bond donors (Lipinski definition) is 3. The van der Waals surface area contributed by atoms with Gasteiger partial charge in [0.1, 0.15) is 23.6 Å². The minimum absolute atomic E-state index is 0.0667. The van der Waals surface area contributed by atoms with E-state index in [0.717, 1.165) is 4.90 Å². The fourth-order valence-corrected chi connectivity index (χ4v) is 3.20. The van der Waals surface area contributed by atoms with Crippen molar-refractivity contribution in [3.63, 3.8) is 0 Å². The summed E-state index contributed by atoms with van der Waals surface area (Å²) in [4.78, 5) is 12.1. The number of rotatable bonds is 2. The molecule has 108 valence electrons. The third-order valence-electron chi connectivity index (χ3n) is 4.27. The SMILES string of the molecule is O=C(O)N1C[C@@H]2C[C@@H](Oc3ccccc3)[C@@H](O)[C@]2(O)C1. The zero-order valence-corrected chi connectivity index (χ0v) is 10.8. The van der Waals surface area contributed by atoms with Crippen LogP contribution < -0.4 is 4.74 Å². The topological polar surface area (TPSA) is 90.2 Å². The van der Waals surface area contributed by atoms with Gasteiger partial charge in [0.05, 0.1) is 6.54 Å². The normalized spacial score (nSPS) is 35.9. The molecule has 1 aliphatic carbocycles. The van der Waals surface area contributed by atoms with E-state index < -0.39 is 23.9 Å². The van der Waals surface area contributed by atoms with Crippen LogP contribution in [-0.4, -0.2) is 57.2 Å². The quantitative estimate of drug-likeness (QED) is 0.735. The summed E-state index contributed by atoms with van der Waals surface area (Å²) >= 11 is 0. The number of likely N-dealkylation sites (tertiary alicyclic amines) is 1. The molecule has 6 heteroatoms. The maximum absolute atomic E-state index is 11.0. The highest BCUT2D eigenvalue weighted by Crippen LogP contribution is 2.43. The van der Waals surface area contributed by atoms with Crippen molar-refractivity contribution >= 4 is 6.09 Å². The van der Waals surface area contributed by atoms with Gasteiger partial charge in [-0.3, -0.25) is 0 Å². The first-order chi connectivity index (χ1) is 9.50. The summed E-state index contributed by atoms with van der Waals surface area (Å²) < 4.78 is 5.71. The van der Waals surface area contributed by atoms with Gasteiger partial charge in [-0.15, -0.1) is 0 Å². The van der Waals surface area contributed by atoms with E-state index in [2.05, 4.69) is 0 Å². The van der Waals surface area contributed by atoms with Crippen molar-refractivity contribution in [3.8, 4) is 5.75 Å². The molecular formula is C14H17NO5. The van der Waals surface area contributed by atoms with Gasteiger partial charge >= 0.3 is 6.09 Å². The van der Waals surface area contributed by atoms with Crippen LogP contribution >= 0.6 is 0 Å². The predicted octanol–water partition coefficient (Wildman–Crippen LogP) is 0.539. The maximum Gasteiger partial charge on any atom is 0.407 e. The summed E-state index contributed by atoms with van der Waals surface area (Å²) in [6.45, 7) is 0.167. The molecule has 1 aromatic carbocycles. The van der Waals surface area contributed by atoms with Crippen LogP contribution in [0.4, 0.5) is 4.79 Å². The Kier molecular flexibility index (Phi) is 3.07. The number of aliphatic hydroxyl groups is 2. The second-order valence-electron chi connectivity index (χ2n) is 5.50. The highest BCUT2D eigenvalue weighted by atomic mass is 16.5. The van der Waals surface area contributed by atoms with Gasteiger partial charge in [0.25, 0.3) is 0 Å². The van der Waals surface area contributed by atoms with E-state index in [-0.39, 0.29) is 19.0 Å². The lowest BCUT2D eigenvalue weighted by Crippen LogP contribution is -2.49. The van der Waals surface area contributed by atoms with Crippen molar-refractivity contribution in [2.75, 3.05) is 13.1 Å². The average Bonchev–Trinajstić information content (AvgIpc) is 2.86. The molecule has 3 N–H and O–H groups in total. The highest BCUT2D eigenvalue weighted by molar-refractivity contribution is 5.65. The zero-order valence-electron chi connectivity index (χ0n) is 10.8. The van der Waals surface area contributed by atoms with Crippen LogP contribution in [0.3, 0.4) is 0 Å². The number of benzene rings is 1. The van der Waals surface area contributed by atoms with Gasteiger partial charge in [-0.2, -0.15) is 0 Å². The van der Waals surface area contributed by atoms with Crippen LogP contribution in [0.2, 0.25) is 0 Å². The van der Waals surface area contributed by atoms with Crippen LogP contribution in [0.1, 0.15) is 6.42 Å².